The highest BCUT2D eigenvalue weighted by molar-refractivity contribution is 14.1. The largest absolute Gasteiger partial charge is 0.383 e. The minimum atomic E-state index is 0.120. The van der Waals surface area contributed by atoms with Crippen molar-refractivity contribution in [1.82, 2.24) is 9.97 Å². The molecule has 0 spiro atoms. The average Bonchev–Trinajstić information content (AvgIpc) is 2.21. The van der Waals surface area contributed by atoms with Gasteiger partial charge in [0.05, 0.1) is 10.7 Å². The lowest BCUT2D eigenvalue weighted by Crippen LogP contribution is -2.03. The minimum absolute atomic E-state index is 0.120. The zero-order chi connectivity index (χ0) is 12.4. The van der Waals surface area contributed by atoms with Crippen molar-refractivity contribution in [3.05, 3.63) is 32.9 Å². The Morgan fingerprint density at radius 2 is 1.94 bits per heavy atom. The summed E-state index contributed by atoms with van der Waals surface area (Å²) < 4.78 is 1.06. The van der Waals surface area contributed by atoms with Crippen molar-refractivity contribution < 1.29 is 0 Å². The first kappa shape index (κ1) is 12.2. The Labute approximate surface area is 117 Å². The number of nitrogens with one attached hydrogen (secondary N) is 1. The minimum Gasteiger partial charge on any atom is -0.383 e. The predicted octanol–water partition coefficient (Wildman–Crippen LogP) is 2.64. The van der Waals surface area contributed by atoms with E-state index in [0.717, 1.165) is 9.26 Å². The first-order valence-electron chi connectivity index (χ1n) is 4.67. The van der Waals surface area contributed by atoms with Crippen LogP contribution in [-0.2, 0) is 0 Å². The van der Waals surface area contributed by atoms with Crippen LogP contribution in [0, 0.1) is 3.57 Å². The molecule has 1 aromatic carbocycles. The number of benzene rings is 1. The lowest BCUT2D eigenvalue weighted by atomic mass is 10.3. The Hall–Kier alpha value is -1.28. The van der Waals surface area contributed by atoms with Gasteiger partial charge in [-0.15, -0.1) is 0 Å². The van der Waals surface area contributed by atoms with E-state index in [4.69, 9.17) is 23.1 Å². The molecule has 0 saturated carbocycles. The van der Waals surface area contributed by atoms with E-state index in [1.807, 2.05) is 18.2 Å². The van der Waals surface area contributed by atoms with Gasteiger partial charge in [-0.1, -0.05) is 11.6 Å². The number of nitrogens with two attached hydrogens (primary N) is 2. The molecule has 88 valence electrons. The van der Waals surface area contributed by atoms with E-state index < -0.39 is 0 Å². The lowest BCUT2D eigenvalue weighted by molar-refractivity contribution is 1.19. The third kappa shape index (κ3) is 3.10. The molecular weight excluding hydrogens is 353 g/mol. The van der Waals surface area contributed by atoms with Gasteiger partial charge < -0.3 is 16.8 Å². The van der Waals surface area contributed by atoms with Crippen LogP contribution < -0.4 is 16.8 Å². The quantitative estimate of drug-likeness (QED) is 0.716. The van der Waals surface area contributed by atoms with Gasteiger partial charge >= 0.3 is 0 Å². The highest BCUT2D eigenvalue weighted by atomic mass is 127. The third-order valence-electron chi connectivity index (χ3n) is 1.96. The predicted molar refractivity (Wildman–Crippen MR) is 78.3 cm³/mol. The molecule has 0 radical (unpaired) electrons. The standard InChI is InChI=1S/C10H9ClIN5/c11-6-3-5(12)1-2-7(6)15-9-4-8(13)16-10(14)17-9/h1-4H,(H5,13,14,15,16,17). The summed E-state index contributed by atoms with van der Waals surface area (Å²) in [5, 5.41) is 3.64. The van der Waals surface area contributed by atoms with Crippen molar-refractivity contribution in [2.45, 2.75) is 0 Å². The van der Waals surface area contributed by atoms with Crippen LogP contribution in [0.1, 0.15) is 0 Å². The Balaban J connectivity index is 2.31. The number of anilines is 4. The van der Waals surface area contributed by atoms with Gasteiger partial charge in [-0.25, -0.2) is 0 Å². The van der Waals surface area contributed by atoms with Crippen LogP contribution in [0.3, 0.4) is 0 Å². The summed E-state index contributed by atoms with van der Waals surface area (Å²) in [6.45, 7) is 0. The van der Waals surface area contributed by atoms with Gasteiger partial charge in [0.2, 0.25) is 5.95 Å². The van der Waals surface area contributed by atoms with Gasteiger partial charge in [-0.05, 0) is 40.8 Å². The second-order valence-electron chi connectivity index (χ2n) is 3.29. The first-order chi connectivity index (χ1) is 8.04. The van der Waals surface area contributed by atoms with Gasteiger partial charge in [0.15, 0.2) is 0 Å². The van der Waals surface area contributed by atoms with Crippen LogP contribution in [0.4, 0.5) is 23.3 Å². The van der Waals surface area contributed by atoms with Crippen molar-refractivity contribution in [1.29, 1.82) is 0 Å². The third-order valence-corrected chi connectivity index (χ3v) is 2.94. The number of halogens is 2. The molecule has 0 atom stereocenters. The number of hydrogen-bond acceptors (Lipinski definition) is 5. The molecule has 5 N–H and O–H groups in total. The number of nitrogen functional groups attached to an aromatic ring is 2. The molecule has 0 unspecified atom stereocenters. The van der Waals surface area contributed by atoms with Crippen LogP contribution in [-0.4, -0.2) is 9.97 Å². The molecule has 0 amide bonds. The van der Waals surface area contributed by atoms with E-state index in [-0.39, 0.29) is 5.95 Å². The normalized spacial score (nSPS) is 10.2. The Morgan fingerprint density at radius 3 is 2.59 bits per heavy atom. The van der Waals surface area contributed by atoms with E-state index in [0.29, 0.717) is 16.7 Å². The molecule has 0 aliphatic carbocycles. The number of aromatic nitrogens is 2. The van der Waals surface area contributed by atoms with Gasteiger partial charge in [0.25, 0.3) is 0 Å². The molecule has 0 aliphatic heterocycles. The van der Waals surface area contributed by atoms with Gasteiger partial charge in [-0.2, -0.15) is 9.97 Å². The van der Waals surface area contributed by atoms with E-state index >= 15 is 0 Å². The monoisotopic (exact) mass is 361 g/mol. The fraction of sp³-hybridized carbons (Fsp3) is 0. The maximum absolute atomic E-state index is 6.09. The van der Waals surface area contributed by atoms with Crippen LogP contribution in [0.25, 0.3) is 0 Å². The number of nitrogens with zero attached hydrogens (tertiary/aromatic N) is 2. The summed E-state index contributed by atoms with van der Waals surface area (Å²) in [5.41, 5.74) is 11.8. The highest BCUT2D eigenvalue weighted by Gasteiger charge is 2.04. The zero-order valence-corrected chi connectivity index (χ0v) is 11.5. The zero-order valence-electron chi connectivity index (χ0n) is 8.61. The average molecular weight is 362 g/mol. The van der Waals surface area contributed by atoms with Crippen LogP contribution in [0.15, 0.2) is 24.3 Å². The van der Waals surface area contributed by atoms with Crippen molar-refractivity contribution in [2.75, 3.05) is 16.8 Å². The van der Waals surface area contributed by atoms with Crippen molar-refractivity contribution in [3.8, 4) is 0 Å². The summed E-state index contributed by atoms with van der Waals surface area (Å²) in [6.07, 6.45) is 0. The molecule has 0 fully saturated rings. The molecule has 1 aromatic heterocycles. The molecule has 2 rings (SSSR count). The van der Waals surface area contributed by atoms with Crippen molar-refractivity contribution >= 4 is 57.5 Å². The second-order valence-corrected chi connectivity index (χ2v) is 4.94. The van der Waals surface area contributed by atoms with E-state index in [1.165, 1.54) is 0 Å². The molecule has 17 heavy (non-hydrogen) atoms. The Bertz CT molecular complexity index is 540. The second kappa shape index (κ2) is 4.92. The molecule has 1 heterocycles. The molecule has 7 heteroatoms. The first-order valence-corrected chi connectivity index (χ1v) is 6.12. The fourth-order valence-corrected chi connectivity index (χ4v) is 2.18. The molecule has 0 bridgehead atoms. The SMILES string of the molecule is Nc1cc(Nc2ccc(I)cc2Cl)nc(N)n1. The molecular formula is C10H9ClIN5. The van der Waals surface area contributed by atoms with Gasteiger partial charge in [-0.3, -0.25) is 0 Å². The summed E-state index contributed by atoms with van der Waals surface area (Å²) >= 11 is 8.27. The van der Waals surface area contributed by atoms with E-state index in [2.05, 4.69) is 37.9 Å². The number of hydrogen-bond donors (Lipinski definition) is 3. The van der Waals surface area contributed by atoms with Gasteiger partial charge in [0.1, 0.15) is 11.6 Å². The maximum atomic E-state index is 6.09. The van der Waals surface area contributed by atoms with Crippen LogP contribution >= 0.6 is 34.2 Å². The van der Waals surface area contributed by atoms with Crippen LogP contribution in [0.5, 0.6) is 0 Å². The Kier molecular flexibility index (Phi) is 3.53. The van der Waals surface area contributed by atoms with Crippen LogP contribution in [0.2, 0.25) is 5.02 Å². The Morgan fingerprint density at radius 1 is 1.18 bits per heavy atom. The summed E-state index contributed by atoms with van der Waals surface area (Å²) in [5.74, 6) is 0.939. The summed E-state index contributed by atoms with van der Waals surface area (Å²) in [4.78, 5) is 7.79. The highest BCUT2D eigenvalue weighted by Crippen LogP contribution is 2.26. The molecule has 0 saturated heterocycles. The summed E-state index contributed by atoms with van der Waals surface area (Å²) in [7, 11) is 0. The molecule has 2 aromatic rings. The number of rotatable bonds is 2. The van der Waals surface area contributed by atoms with Crippen molar-refractivity contribution in [3.63, 3.8) is 0 Å². The fourth-order valence-electron chi connectivity index (χ4n) is 1.28. The molecule has 0 aliphatic rings. The van der Waals surface area contributed by atoms with Crippen molar-refractivity contribution in [2.24, 2.45) is 0 Å². The van der Waals surface area contributed by atoms with E-state index in [9.17, 15) is 0 Å². The smallest absolute Gasteiger partial charge is 0.223 e. The van der Waals surface area contributed by atoms with Gasteiger partial charge in [0, 0.05) is 9.64 Å². The maximum Gasteiger partial charge on any atom is 0.223 e. The lowest BCUT2D eigenvalue weighted by Gasteiger charge is -2.08. The van der Waals surface area contributed by atoms with E-state index in [1.54, 1.807) is 6.07 Å². The summed E-state index contributed by atoms with van der Waals surface area (Å²) in [6, 6.07) is 7.23. The topological polar surface area (TPSA) is 89.8 Å². The molecule has 5 nitrogen and oxygen atoms in total.